The smallest absolute Gasteiger partial charge is 0.257 e. The fraction of sp³-hybridized carbons (Fsp3) is 0.154. The zero-order valence-corrected chi connectivity index (χ0v) is 18.3. The molecule has 1 atom stereocenters. The number of fused-ring (bicyclic) bond motifs is 1. The molecule has 3 aromatic heterocycles. The number of nitrogens with one attached hydrogen (secondary N) is 3. The van der Waals surface area contributed by atoms with Crippen molar-refractivity contribution < 1.29 is 9.18 Å². The summed E-state index contributed by atoms with van der Waals surface area (Å²) < 4.78 is 14.0. The first kappa shape index (κ1) is 21.5. The molecular formula is C26H23FN6O. The topological polar surface area (TPSA) is 91.8 Å². The maximum absolute atomic E-state index is 14.0. The van der Waals surface area contributed by atoms with Crippen LogP contribution in [0.25, 0.3) is 0 Å². The Morgan fingerprint density at radius 2 is 1.62 bits per heavy atom. The highest BCUT2D eigenvalue weighted by atomic mass is 19.1. The molecule has 1 aliphatic carbocycles. The van der Waals surface area contributed by atoms with Crippen LogP contribution in [-0.2, 0) is 12.8 Å². The predicted molar refractivity (Wildman–Crippen MR) is 131 cm³/mol. The number of hydrogen-bond acceptors (Lipinski definition) is 6. The molecule has 0 aliphatic heterocycles. The molecule has 8 heteroatoms. The SMILES string of the molecule is O=C(Nc1ccc(Nc2ccncc2)cc1)c1cncc(Nc2ccnc3c2CC(F)CC3)c1. The van der Waals surface area contributed by atoms with Gasteiger partial charge in [0, 0.05) is 59.7 Å². The van der Waals surface area contributed by atoms with E-state index in [4.69, 9.17) is 0 Å². The lowest BCUT2D eigenvalue weighted by Gasteiger charge is -2.21. The zero-order chi connectivity index (χ0) is 23.3. The number of hydrogen-bond donors (Lipinski definition) is 3. The summed E-state index contributed by atoms with van der Waals surface area (Å²) in [5.41, 5.74) is 6.16. The van der Waals surface area contributed by atoms with Gasteiger partial charge in [-0.1, -0.05) is 0 Å². The van der Waals surface area contributed by atoms with Crippen molar-refractivity contribution in [2.24, 2.45) is 0 Å². The normalized spacial score (nSPS) is 14.7. The summed E-state index contributed by atoms with van der Waals surface area (Å²) in [5, 5.41) is 9.44. The van der Waals surface area contributed by atoms with Crippen LogP contribution in [0.1, 0.15) is 28.0 Å². The van der Waals surface area contributed by atoms with Crippen LogP contribution in [0.3, 0.4) is 0 Å². The monoisotopic (exact) mass is 454 g/mol. The predicted octanol–water partition coefficient (Wildman–Crippen LogP) is 5.44. The Labute approximate surface area is 196 Å². The molecule has 0 bridgehead atoms. The number of amides is 1. The third-order valence-electron chi connectivity index (χ3n) is 5.66. The zero-order valence-electron chi connectivity index (χ0n) is 18.3. The third-order valence-corrected chi connectivity index (χ3v) is 5.66. The minimum Gasteiger partial charge on any atom is -0.355 e. The summed E-state index contributed by atoms with van der Waals surface area (Å²) in [7, 11) is 0. The number of aromatic nitrogens is 3. The molecule has 3 heterocycles. The van der Waals surface area contributed by atoms with Crippen molar-refractivity contribution in [3.8, 4) is 0 Å². The summed E-state index contributed by atoms with van der Waals surface area (Å²) in [6, 6.07) is 14.7. The summed E-state index contributed by atoms with van der Waals surface area (Å²) in [6.45, 7) is 0. The van der Waals surface area contributed by atoms with Gasteiger partial charge in [0.25, 0.3) is 5.91 Å². The van der Waals surface area contributed by atoms with Crippen LogP contribution in [0.4, 0.5) is 32.8 Å². The van der Waals surface area contributed by atoms with Gasteiger partial charge in [-0.05, 0) is 66.9 Å². The largest absolute Gasteiger partial charge is 0.355 e. The highest BCUT2D eigenvalue weighted by Crippen LogP contribution is 2.30. The van der Waals surface area contributed by atoms with Gasteiger partial charge >= 0.3 is 0 Å². The number of anilines is 5. The lowest BCUT2D eigenvalue weighted by molar-refractivity contribution is 0.102. The molecular weight excluding hydrogens is 431 g/mol. The molecule has 170 valence electrons. The first-order chi connectivity index (χ1) is 16.6. The first-order valence-corrected chi connectivity index (χ1v) is 11.1. The molecule has 0 saturated carbocycles. The van der Waals surface area contributed by atoms with E-state index >= 15 is 0 Å². The van der Waals surface area contributed by atoms with E-state index in [0.29, 0.717) is 36.2 Å². The molecule has 1 amide bonds. The van der Waals surface area contributed by atoms with E-state index in [1.54, 1.807) is 30.9 Å². The lowest BCUT2D eigenvalue weighted by Crippen LogP contribution is -2.17. The minimum atomic E-state index is -0.862. The van der Waals surface area contributed by atoms with Crippen molar-refractivity contribution in [3.05, 3.63) is 96.3 Å². The van der Waals surface area contributed by atoms with Gasteiger partial charge in [0.1, 0.15) is 6.17 Å². The summed E-state index contributed by atoms with van der Waals surface area (Å²) in [4.78, 5) is 25.4. The number of halogens is 1. The second-order valence-corrected chi connectivity index (χ2v) is 8.10. The Bertz CT molecular complexity index is 1300. The van der Waals surface area contributed by atoms with Gasteiger partial charge in [-0.25, -0.2) is 4.39 Å². The van der Waals surface area contributed by atoms with Crippen LogP contribution in [0.15, 0.2) is 79.5 Å². The van der Waals surface area contributed by atoms with Gasteiger partial charge in [0.15, 0.2) is 0 Å². The molecule has 0 radical (unpaired) electrons. The van der Waals surface area contributed by atoms with E-state index in [-0.39, 0.29) is 5.91 Å². The number of nitrogens with zero attached hydrogens (tertiary/aromatic N) is 3. The van der Waals surface area contributed by atoms with Crippen molar-refractivity contribution in [2.45, 2.75) is 25.4 Å². The van der Waals surface area contributed by atoms with Crippen LogP contribution in [0.2, 0.25) is 0 Å². The maximum atomic E-state index is 14.0. The molecule has 7 nitrogen and oxygen atoms in total. The van der Waals surface area contributed by atoms with Crippen molar-refractivity contribution >= 4 is 34.3 Å². The molecule has 3 N–H and O–H groups in total. The van der Waals surface area contributed by atoms with E-state index in [2.05, 4.69) is 30.9 Å². The highest BCUT2D eigenvalue weighted by Gasteiger charge is 2.21. The van der Waals surface area contributed by atoms with E-state index in [0.717, 1.165) is 28.3 Å². The second-order valence-electron chi connectivity index (χ2n) is 8.10. The summed E-state index contributed by atoms with van der Waals surface area (Å²) in [6.07, 6.45) is 8.91. The van der Waals surface area contributed by atoms with E-state index in [1.807, 2.05) is 42.5 Å². The van der Waals surface area contributed by atoms with E-state index in [9.17, 15) is 9.18 Å². The average Bonchev–Trinajstić information content (AvgIpc) is 2.86. The maximum Gasteiger partial charge on any atom is 0.257 e. The molecule has 0 saturated heterocycles. The second kappa shape index (κ2) is 9.66. The third kappa shape index (κ3) is 5.01. The number of alkyl halides is 1. The van der Waals surface area contributed by atoms with Crippen molar-refractivity contribution in [1.29, 1.82) is 0 Å². The van der Waals surface area contributed by atoms with Crippen LogP contribution < -0.4 is 16.0 Å². The minimum absolute atomic E-state index is 0.272. The van der Waals surface area contributed by atoms with Gasteiger partial charge in [0.05, 0.1) is 17.4 Å². The van der Waals surface area contributed by atoms with Gasteiger partial charge in [-0.15, -0.1) is 0 Å². The molecule has 4 aromatic rings. The summed E-state index contributed by atoms with van der Waals surface area (Å²) >= 11 is 0. The fourth-order valence-corrected chi connectivity index (χ4v) is 3.94. The number of carbonyl (C=O) groups excluding carboxylic acids is 1. The van der Waals surface area contributed by atoms with Crippen LogP contribution in [-0.4, -0.2) is 27.0 Å². The average molecular weight is 455 g/mol. The quantitative estimate of drug-likeness (QED) is 0.359. The van der Waals surface area contributed by atoms with Gasteiger partial charge < -0.3 is 16.0 Å². The van der Waals surface area contributed by atoms with Crippen molar-refractivity contribution in [3.63, 3.8) is 0 Å². The van der Waals surface area contributed by atoms with Crippen molar-refractivity contribution in [2.75, 3.05) is 16.0 Å². The van der Waals surface area contributed by atoms with E-state index < -0.39 is 6.17 Å². The highest BCUT2D eigenvalue weighted by molar-refractivity contribution is 6.04. The first-order valence-electron chi connectivity index (χ1n) is 11.1. The molecule has 1 aliphatic rings. The number of rotatable bonds is 6. The Balaban J connectivity index is 1.26. The fourth-order valence-electron chi connectivity index (χ4n) is 3.94. The van der Waals surface area contributed by atoms with Crippen LogP contribution in [0.5, 0.6) is 0 Å². The standard InChI is InChI=1S/C26H23FN6O/c27-18-1-6-24-23(14-18)25(9-12-30-24)32-22-13-17(15-29-16-22)26(34)33-20-4-2-19(3-5-20)31-21-7-10-28-11-8-21/h2-5,7-13,15-16,18H,1,6,14H2,(H,28,31)(H,30,32)(H,33,34). The Hall–Kier alpha value is -4.33. The number of pyridine rings is 3. The van der Waals surface area contributed by atoms with Crippen molar-refractivity contribution in [1.82, 2.24) is 15.0 Å². The molecule has 0 spiro atoms. The molecule has 5 rings (SSSR count). The van der Waals surface area contributed by atoms with Gasteiger partial charge in [0.2, 0.25) is 0 Å². The lowest BCUT2D eigenvalue weighted by atomic mass is 9.93. The number of benzene rings is 1. The van der Waals surface area contributed by atoms with Crippen LogP contribution in [0, 0.1) is 0 Å². The molecule has 1 unspecified atom stereocenters. The summed E-state index contributed by atoms with van der Waals surface area (Å²) in [5.74, 6) is -0.272. The van der Waals surface area contributed by atoms with Gasteiger partial charge in [-0.3, -0.25) is 19.7 Å². The van der Waals surface area contributed by atoms with E-state index in [1.165, 1.54) is 6.20 Å². The van der Waals surface area contributed by atoms with Gasteiger partial charge in [-0.2, -0.15) is 0 Å². The Kier molecular flexibility index (Phi) is 6.11. The number of carbonyl (C=O) groups is 1. The molecule has 1 aromatic carbocycles. The molecule has 34 heavy (non-hydrogen) atoms. The molecule has 0 fully saturated rings. The Morgan fingerprint density at radius 3 is 2.44 bits per heavy atom. The Morgan fingerprint density at radius 1 is 0.853 bits per heavy atom. The van der Waals surface area contributed by atoms with Crippen LogP contribution >= 0.6 is 0 Å². The number of aryl methyl sites for hydroxylation is 1.